The zero-order valence-electron chi connectivity index (χ0n) is 10.4. The van der Waals surface area contributed by atoms with E-state index in [1.165, 1.54) is 0 Å². The molecule has 3 N–H and O–H groups in total. The van der Waals surface area contributed by atoms with Gasteiger partial charge < -0.3 is 10.9 Å². The highest BCUT2D eigenvalue weighted by Gasteiger charge is 2.16. The predicted octanol–water partition coefficient (Wildman–Crippen LogP) is 2.89. The standard InChI is InChI=1S/C12H12Cl2N4O/c1-6-11(14)7(2)18(16-6)10-4-3-8(13)5-9(10)12(15)17-19/h3-5,19H,1-2H3,(H2,15,17). The summed E-state index contributed by atoms with van der Waals surface area (Å²) in [6.45, 7) is 3.65. The van der Waals surface area contributed by atoms with Crippen molar-refractivity contribution in [3.05, 3.63) is 45.2 Å². The summed E-state index contributed by atoms with van der Waals surface area (Å²) in [6, 6.07) is 5.05. The summed E-state index contributed by atoms with van der Waals surface area (Å²) < 4.78 is 1.64. The van der Waals surface area contributed by atoms with Gasteiger partial charge in [-0.2, -0.15) is 5.10 Å². The molecular weight excluding hydrogens is 287 g/mol. The van der Waals surface area contributed by atoms with Crippen LogP contribution in [0.1, 0.15) is 17.0 Å². The fourth-order valence-corrected chi connectivity index (χ4v) is 2.10. The second-order valence-corrected chi connectivity index (χ2v) is 4.86. The predicted molar refractivity (Wildman–Crippen MR) is 75.6 cm³/mol. The lowest BCUT2D eigenvalue weighted by Crippen LogP contribution is -2.17. The lowest BCUT2D eigenvalue weighted by Gasteiger charge is -2.10. The van der Waals surface area contributed by atoms with Crippen molar-refractivity contribution in [3.63, 3.8) is 0 Å². The highest BCUT2D eigenvalue weighted by Crippen LogP contribution is 2.25. The molecule has 1 aromatic carbocycles. The summed E-state index contributed by atoms with van der Waals surface area (Å²) >= 11 is 12.1. The third-order valence-electron chi connectivity index (χ3n) is 2.77. The molecule has 0 unspecified atom stereocenters. The molecule has 100 valence electrons. The minimum Gasteiger partial charge on any atom is -0.409 e. The molecule has 0 bridgehead atoms. The first-order chi connectivity index (χ1) is 8.95. The molecule has 0 saturated heterocycles. The van der Waals surface area contributed by atoms with E-state index in [0.29, 0.717) is 27.0 Å². The van der Waals surface area contributed by atoms with Gasteiger partial charge in [0.25, 0.3) is 0 Å². The van der Waals surface area contributed by atoms with Gasteiger partial charge in [-0.1, -0.05) is 28.4 Å². The van der Waals surface area contributed by atoms with Gasteiger partial charge in [0.05, 0.1) is 22.1 Å². The Labute approximate surface area is 120 Å². The van der Waals surface area contributed by atoms with Crippen molar-refractivity contribution in [2.75, 3.05) is 0 Å². The number of hydrogen-bond donors (Lipinski definition) is 2. The third-order valence-corrected chi connectivity index (χ3v) is 3.56. The Bertz CT molecular complexity index is 664. The number of aryl methyl sites for hydroxylation is 1. The van der Waals surface area contributed by atoms with Crippen LogP contribution in [0.15, 0.2) is 23.4 Å². The summed E-state index contributed by atoms with van der Waals surface area (Å²) in [6.07, 6.45) is 0. The fourth-order valence-electron chi connectivity index (χ4n) is 1.81. The van der Waals surface area contributed by atoms with Gasteiger partial charge >= 0.3 is 0 Å². The molecule has 2 rings (SSSR count). The fraction of sp³-hybridized carbons (Fsp3) is 0.167. The Balaban J connectivity index is 2.72. The van der Waals surface area contributed by atoms with E-state index in [0.717, 1.165) is 5.69 Å². The van der Waals surface area contributed by atoms with Crippen LogP contribution in [0, 0.1) is 13.8 Å². The van der Waals surface area contributed by atoms with Crippen molar-refractivity contribution in [1.82, 2.24) is 9.78 Å². The molecule has 0 radical (unpaired) electrons. The van der Waals surface area contributed by atoms with Crippen LogP contribution >= 0.6 is 23.2 Å². The molecule has 1 aromatic heterocycles. The monoisotopic (exact) mass is 298 g/mol. The summed E-state index contributed by atoms with van der Waals surface area (Å²) in [5, 5.41) is 17.3. The highest BCUT2D eigenvalue weighted by molar-refractivity contribution is 6.32. The number of nitrogens with zero attached hydrogens (tertiary/aromatic N) is 3. The molecule has 0 aliphatic carbocycles. The van der Waals surface area contributed by atoms with Gasteiger partial charge in [-0.15, -0.1) is 0 Å². The van der Waals surface area contributed by atoms with Crippen LogP contribution in [0.4, 0.5) is 0 Å². The summed E-state index contributed by atoms with van der Waals surface area (Å²) in [5.74, 6) is -0.0406. The maximum absolute atomic E-state index is 8.84. The normalized spacial score (nSPS) is 11.9. The van der Waals surface area contributed by atoms with Crippen molar-refractivity contribution < 1.29 is 5.21 Å². The molecule has 7 heteroatoms. The van der Waals surface area contributed by atoms with Crippen LogP contribution in [0.25, 0.3) is 5.69 Å². The zero-order valence-corrected chi connectivity index (χ0v) is 11.9. The number of benzene rings is 1. The molecule has 2 aromatic rings. The molecule has 0 atom stereocenters. The molecule has 19 heavy (non-hydrogen) atoms. The number of nitrogens with two attached hydrogens (primary N) is 1. The number of hydrogen-bond acceptors (Lipinski definition) is 3. The second kappa shape index (κ2) is 5.11. The molecule has 0 spiro atoms. The Morgan fingerprint density at radius 3 is 2.58 bits per heavy atom. The lowest BCUT2D eigenvalue weighted by atomic mass is 10.1. The molecule has 0 amide bonds. The van der Waals surface area contributed by atoms with Crippen LogP contribution in [-0.2, 0) is 0 Å². The van der Waals surface area contributed by atoms with Crippen molar-refractivity contribution in [2.45, 2.75) is 13.8 Å². The minimum atomic E-state index is -0.0406. The van der Waals surface area contributed by atoms with Gasteiger partial charge in [-0.3, -0.25) is 0 Å². The van der Waals surface area contributed by atoms with Gasteiger partial charge in [-0.05, 0) is 32.0 Å². The molecule has 5 nitrogen and oxygen atoms in total. The van der Waals surface area contributed by atoms with Crippen LogP contribution in [-0.4, -0.2) is 20.8 Å². The van der Waals surface area contributed by atoms with Gasteiger partial charge in [0, 0.05) is 10.6 Å². The molecule has 0 fully saturated rings. The number of oxime groups is 1. The first kappa shape index (κ1) is 13.7. The van der Waals surface area contributed by atoms with E-state index in [4.69, 9.17) is 34.1 Å². The van der Waals surface area contributed by atoms with E-state index < -0.39 is 0 Å². The van der Waals surface area contributed by atoms with Crippen molar-refractivity contribution in [1.29, 1.82) is 0 Å². The number of aromatic nitrogens is 2. The van der Waals surface area contributed by atoms with E-state index in [1.54, 1.807) is 22.9 Å². The Morgan fingerprint density at radius 1 is 1.37 bits per heavy atom. The van der Waals surface area contributed by atoms with Gasteiger partial charge in [0.1, 0.15) is 0 Å². The zero-order chi connectivity index (χ0) is 14.2. The molecule has 0 aliphatic rings. The highest BCUT2D eigenvalue weighted by atomic mass is 35.5. The third kappa shape index (κ3) is 2.39. The number of halogens is 2. The van der Waals surface area contributed by atoms with Crippen molar-refractivity contribution in [3.8, 4) is 5.69 Å². The van der Waals surface area contributed by atoms with Crippen LogP contribution in [0.3, 0.4) is 0 Å². The maximum Gasteiger partial charge on any atom is 0.172 e. The lowest BCUT2D eigenvalue weighted by molar-refractivity contribution is 0.318. The quantitative estimate of drug-likeness (QED) is 0.387. The summed E-state index contributed by atoms with van der Waals surface area (Å²) in [7, 11) is 0. The second-order valence-electron chi connectivity index (χ2n) is 4.04. The van der Waals surface area contributed by atoms with E-state index in [-0.39, 0.29) is 5.84 Å². The molecule has 0 saturated carbocycles. The Morgan fingerprint density at radius 2 is 2.05 bits per heavy atom. The first-order valence-corrected chi connectivity index (χ1v) is 6.21. The SMILES string of the molecule is Cc1nn(-c2ccc(Cl)cc2C(N)=NO)c(C)c1Cl. The molecular formula is C12H12Cl2N4O. The average molecular weight is 299 g/mol. The molecule has 1 heterocycles. The van der Waals surface area contributed by atoms with Crippen LogP contribution in [0.2, 0.25) is 10.0 Å². The van der Waals surface area contributed by atoms with E-state index >= 15 is 0 Å². The summed E-state index contributed by atoms with van der Waals surface area (Å²) in [5.41, 5.74) is 8.27. The Kier molecular flexibility index (Phi) is 3.68. The van der Waals surface area contributed by atoms with Crippen LogP contribution < -0.4 is 5.73 Å². The van der Waals surface area contributed by atoms with Crippen LogP contribution in [0.5, 0.6) is 0 Å². The maximum atomic E-state index is 8.84. The topological polar surface area (TPSA) is 76.4 Å². The van der Waals surface area contributed by atoms with Gasteiger partial charge in [0.2, 0.25) is 0 Å². The van der Waals surface area contributed by atoms with Crippen molar-refractivity contribution >= 4 is 29.0 Å². The first-order valence-electron chi connectivity index (χ1n) is 5.45. The van der Waals surface area contributed by atoms with Gasteiger partial charge in [-0.25, -0.2) is 4.68 Å². The van der Waals surface area contributed by atoms with Gasteiger partial charge in [0.15, 0.2) is 5.84 Å². The largest absolute Gasteiger partial charge is 0.409 e. The molecule has 0 aliphatic heterocycles. The van der Waals surface area contributed by atoms with Crippen molar-refractivity contribution in [2.24, 2.45) is 10.9 Å². The van der Waals surface area contributed by atoms with E-state index in [9.17, 15) is 0 Å². The Hall–Kier alpha value is -1.72. The summed E-state index contributed by atoms with van der Waals surface area (Å²) in [4.78, 5) is 0. The van der Waals surface area contributed by atoms with E-state index in [2.05, 4.69) is 10.3 Å². The smallest absolute Gasteiger partial charge is 0.172 e. The number of rotatable bonds is 2. The van der Waals surface area contributed by atoms with E-state index in [1.807, 2.05) is 13.8 Å². The minimum absolute atomic E-state index is 0.0406. The number of amidine groups is 1. The average Bonchev–Trinajstić information content (AvgIpc) is 2.65.